The van der Waals surface area contributed by atoms with E-state index in [0.717, 1.165) is 28.6 Å². The molecule has 170 valence electrons. The predicted octanol–water partition coefficient (Wildman–Crippen LogP) is 4.75. The molecule has 4 unspecified atom stereocenters. The molecule has 2 N–H and O–H groups in total. The van der Waals surface area contributed by atoms with E-state index in [1.54, 1.807) is 10.9 Å². The number of anilines is 1. The maximum absolute atomic E-state index is 14.0. The van der Waals surface area contributed by atoms with Gasteiger partial charge in [0.05, 0.1) is 17.2 Å². The van der Waals surface area contributed by atoms with Gasteiger partial charge in [-0.25, -0.2) is 10.5 Å². The molecule has 0 radical (unpaired) electrons. The van der Waals surface area contributed by atoms with E-state index in [2.05, 4.69) is 25.5 Å². The molecule has 0 aliphatic heterocycles. The van der Waals surface area contributed by atoms with Crippen molar-refractivity contribution in [1.82, 2.24) is 19.7 Å². The van der Waals surface area contributed by atoms with Crippen LogP contribution in [0.15, 0.2) is 72.1 Å². The first-order valence-corrected chi connectivity index (χ1v) is 11.6. The third kappa shape index (κ3) is 3.29. The minimum Gasteiger partial charge on any atom is -0.368 e. The van der Waals surface area contributed by atoms with Crippen molar-refractivity contribution in [2.75, 3.05) is 11.9 Å². The molecule has 0 bridgehead atoms. The van der Waals surface area contributed by atoms with E-state index in [0.29, 0.717) is 36.3 Å². The van der Waals surface area contributed by atoms with Crippen molar-refractivity contribution in [2.45, 2.75) is 18.4 Å². The number of fused-ring (bicyclic) bond motifs is 2. The van der Waals surface area contributed by atoms with Crippen LogP contribution in [0.2, 0.25) is 0 Å². The second-order valence-electron chi connectivity index (χ2n) is 9.39. The van der Waals surface area contributed by atoms with E-state index in [1.807, 2.05) is 67.8 Å². The van der Waals surface area contributed by atoms with Crippen molar-refractivity contribution in [2.24, 2.45) is 29.9 Å². The predicted molar refractivity (Wildman–Crippen MR) is 129 cm³/mol. The number of carbonyl (C=O) groups is 1. The summed E-state index contributed by atoms with van der Waals surface area (Å²) in [5.41, 5.74) is 10.8. The summed E-state index contributed by atoms with van der Waals surface area (Å²) in [4.78, 5) is 23.2. The molecule has 8 nitrogen and oxygen atoms in total. The summed E-state index contributed by atoms with van der Waals surface area (Å²) >= 11 is 0. The lowest BCUT2D eigenvalue weighted by atomic mass is 9.78. The Balaban J connectivity index is 1.31. The summed E-state index contributed by atoms with van der Waals surface area (Å²) < 4.78 is 1.67. The van der Waals surface area contributed by atoms with Crippen LogP contribution in [0.25, 0.3) is 22.2 Å². The molecule has 0 amide bonds. The molecule has 2 aromatic heterocycles. The maximum Gasteiger partial charge on any atom is 0.213 e. The monoisotopic (exact) mass is 451 g/mol. The van der Waals surface area contributed by atoms with Crippen LogP contribution < -0.4 is 5.32 Å². The summed E-state index contributed by atoms with van der Waals surface area (Å²) in [5.74, 6) is 1.21. The lowest BCUT2D eigenvalue weighted by Gasteiger charge is -2.31. The van der Waals surface area contributed by atoms with Crippen LogP contribution in [-0.2, 0) is 7.05 Å². The maximum atomic E-state index is 14.0. The molecule has 2 aliphatic carbocycles. The number of benzene rings is 2. The molecular formula is C26H25N7O. The number of aromatic nitrogens is 4. The number of nitrogens with one attached hydrogen (secondary N) is 2. The second kappa shape index (κ2) is 7.83. The Hall–Kier alpha value is -3.94. The number of aryl methyl sites for hydroxylation is 1. The van der Waals surface area contributed by atoms with Gasteiger partial charge in [0.2, 0.25) is 5.78 Å². The topological polar surface area (TPSA) is 109 Å². The van der Waals surface area contributed by atoms with E-state index < -0.39 is 5.54 Å². The van der Waals surface area contributed by atoms with Crippen LogP contribution in [0.3, 0.4) is 0 Å². The molecule has 4 aromatic rings. The van der Waals surface area contributed by atoms with Crippen molar-refractivity contribution in [1.29, 1.82) is 5.53 Å². The molecular weight excluding hydrogens is 426 g/mol. The molecule has 2 aliphatic rings. The molecule has 4 atom stereocenters. The first kappa shape index (κ1) is 20.7. The van der Waals surface area contributed by atoms with Gasteiger partial charge in [-0.05, 0) is 42.4 Å². The Bertz CT molecular complexity index is 1400. The Morgan fingerprint density at radius 1 is 1.18 bits per heavy atom. The summed E-state index contributed by atoms with van der Waals surface area (Å²) in [6.07, 6.45) is 5.26. The number of ketones is 1. The van der Waals surface area contributed by atoms with E-state index in [1.165, 1.54) is 0 Å². The highest BCUT2D eigenvalue weighted by molar-refractivity contribution is 6.07. The Morgan fingerprint density at radius 3 is 2.74 bits per heavy atom. The molecule has 8 heteroatoms. The van der Waals surface area contributed by atoms with Crippen LogP contribution in [0.4, 0.5) is 5.82 Å². The van der Waals surface area contributed by atoms with Crippen molar-refractivity contribution in [3.05, 3.63) is 72.7 Å². The average Bonchev–Trinajstić information content (AvgIpc) is 3.40. The Morgan fingerprint density at radius 2 is 1.94 bits per heavy atom. The summed E-state index contributed by atoms with van der Waals surface area (Å²) in [6.45, 7) is 0.510. The van der Waals surface area contributed by atoms with Gasteiger partial charge in [-0.15, -0.1) is 0 Å². The SMILES string of the molecule is Cn1cc(-c2ccccc2)c(C(=O)C2(N=N)CC3CC3C2CNc2cnc3ccccc3n2)n1. The summed E-state index contributed by atoms with van der Waals surface area (Å²) in [5, 5.41) is 12.0. The minimum atomic E-state index is -1.11. The molecule has 2 saturated carbocycles. The fraction of sp³-hybridized carbons (Fsp3) is 0.308. The van der Waals surface area contributed by atoms with Crippen molar-refractivity contribution < 1.29 is 4.79 Å². The number of hydrogen-bond acceptors (Lipinski definition) is 7. The number of rotatable bonds is 7. The van der Waals surface area contributed by atoms with E-state index in [-0.39, 0.29) is 11.7 Å². The first-order valence-electron chi connectivity index (χ1n) is 11.6. The number of carbonyl (C=O) groups excluding carboxylic acids is 1. The third-order valence-corrected chi connectivity index (χ3v) is 7.35. The zero-order valence-electron chi connectivity index (χ0n) is 18.8. The highest BCUT2D eigenvalue weighted by Crippen LogP contribution is 2.62. The number of Topliss-reactive ketones (excluding diaryl/α,β-unsaturated/α-hetero) is 1. The minimum absolute atomic E-state index is 0.0959. The number of para-hydroxylation sites is 2. The van der Waals surface area contributed by atoms with E-state index >= 15 is 0 Å². The van der Waals surface area contributed by atoms with E-state index in [4.69, 9.17) is 5.53 Å². The molecule has 6 rings (SSSR count). The zero-order valence-corrected chi connectivity index (χ0v) is 18.8. The van der Waals surface area contributed by atoms with Crippen LogP contribution in [0.1, 0.15) is 23.3 Å². The van der Waals surface area contributed by atoms with E-state index in [9.17, 15) is 4.79 Å². The number of hydrogen-bond donors (Lipinski definition) is 2. The van der Waals surface area contributed by atoms with Gasteiger partial charge in [-0.1, -0.05) is 42.5 Å². The zero-order chi connectivity index (χ0) is 23.3. The van der Waals surface area contributed by atoms with Crippen LogP contribution >= 0.6 is 0 Å². The molecule has 0 saturated heterocycles. The quantitative estimate of drug-likeness (QED) is 0.311. The van der Waals surface area contributed by atoms with Crippen molar-refractivity contribution >= 4 is 22.6 Å². The molecule has 0 spiro atoms. The van der Waals surface area contributed by atoms with Gasteiger partial charge in [0.25, 0.3) is 0 Å². The van der Waals surface area contributed by atoms with Gasteiger partial charge >= 0.3 is 0 Å². The standard InChI is InChI=1S/C26H25N7O/c1-33-15-19(16-7-3-2-4-8-16)24(31-33)25(34)26(32-27)12-17-11-18(17)20(26)13-29-23-14-28-21-9-5-6-10-22(21)30-23/h2-10,14-15,17-18,20,27H,11-13H2,1H3,(H,29,30). The van der Waals surface area contributed by atoms with Crippen LogP contribution in [-0.4, -0.2) is 37.6 Å². The van der Waals surface area contributed by atoms with Crippen molar-refractivity contribution in [3.8, 4) is 11.1 Å². The van der Waals surface area contributed by atoms with Gasteiger partial charge in [-0.2, -0.15) is 10.2 Å². The lowest BCUT2D eigenvalue weighted by molar-refractivity contribution is 0.0820. The average molecular weight is 452 g/mol. The highest BCUT2D eigenvalue weighted by atomic mass is 16.1. The summed E-state index contributed by atoms with van der Waals surface area (Å²) in [6, 6.07) is 17.5. The van der Waals surface area contributed by atoms with Gasteiger partial charge < -0.3 is 5.32 Å². The van der Waals surface area contributed by atoms with Gasteiger partial charge in [-0.3, -0.25) is 14.5 Å². The fourth-order valence-corrected chi connectivity index (χ4v) is 5.61. The van der Waals surface area contributed by atoms with Gasteiger partial charge in [0.1, 0.15) is 11.5 Å². The second-order valence-corrected chi connectivity index (χ2v) is 9.39. The summed E-state index contributed by atoms with van der Waals surface area (Å²) in [7, 11) is 1.82. The molecule has 34 heavy (non-hydrogen) atoms. The molecule has 2 aromatic carbocycles. The smallest absolute Gasteiger partial charge is 0.213 e. The third-order valence-electron chi connectivity index (χ3n) is 7.35. The normalized spacial score (nSPS) is 25.1. The first-order chi connectivity index (χ1) is 16.6. The van der Waals surface area contributed by atoms with Gasteiger partial charge in [0, 0.05) is 31.3 Å². The Labute approximate surface area is 196 Å². The van der Waals surface area contributed by atoms with Crippen molar-refractivity contribution in [3.63, 3.8) is 0 Å². The fourth-order valence-electron chi connectivity index (χ4n) is 5.61. The molecule has 2 fully saturated rings. The highest BCUT2D eigenvalue weighted by Gasteiger charge is 2.65. The van der Waals surface area contributed by atoms with Gasteiger partial charge in [0.15, 0.2) is 5.54 Å². The van der Waals surface area contributed by atoms with Crippen LogP contribution in [0, 0.1) is 23.3 Å². The Kier molecular flexibility index (Phi) is 4.76. The largest absolute Gasteiger partial charge is 0.368 e. The molecule has 2 heterocycles. The lowest BCUT2D eigenvalue weighted by Crippen LogP contribution is -2.45. The number of nitrogens with zero attached hydrogens (tertiary/aromatic N) is 5. The van der Waals surface area contributed by atoms with Crippen LogP contribution in [0.5, 0.6) is 0 Å².